The van der Waals surface area contributed by atoms with Crippen molar-refractivity contribution in [2.24, 2.45) is 5.92 Å². The van der Waals surface area contributed by atoms with Gasteiger partial charge in [-0.15, -0.1) is 0 Å². The third-order valence-corrected chi connectivity index (χ3v) is 3.98. The molecule has 5 nitrogen and oxygen atoms in total. The first kappa shape index (κ1) is 18.5. The van der Waals surface area contributed by atoms with Crippen molar-refractivity contribution in [3.8, 4) is 5.75 Å². The second-order valence-corrected chi connectivity index (χ2v) is 6.07. The summed E-state index contributed by atoms with van der Waals surface area (Å²) in [7, 11) is 1.62. The van der Waals surface area contributed by atoms with Gasteiger partial charge in [0.15, 0.2) is 6.04 Å². The summed E-state index contributed by atoms with van der Waals surface area (Å²) >= 11 is 0. The molecule has 25 heavy (non-hydrogen) atoms. The molecule has 2 aromatic rings. The van der Waals surface area contributed by atoms with Gasteiger partial charge in [-0.05, 0) is 29.5 Å². The Morgan fingerprint density at radius 2 is 1.72 bits per heavy atom. The molecule has 2 atom stereocenters. The van der Waals surface area contributed by atoms with E-state index in [1.165, 1.54) is 0 Å². The van der Waals surface area contributed by atoms with Gasteiger partial charge >= 0.3 is 5.97 Å². The number of rotatable bonds is 8. The highest BCUT2D eigenvalue weighted by Gasteiger charge is 2.22. The number of hydrogen-bond acceptors (Lipinski definition) is 3. The molecule has 5 heteroatoms. The number of aliphatic carboxylic acids is 1. The van der Waals surface area contributed by atoms with E-state index in [4.69, 9.17) is 4.74 Å². The van der Waals surface area contributed by atoms with Crippen molar-refractivity contribution in [1.29, 1.82) is 0 Å². The van der Waals surface area contributed by atoms with Gasteiger partial charge < -0.3 is 15.2 Å². The number of carbonyl (C=O) groups excluding carboxylic acids is 1. The number of ether oxygens (including phenoxy) is 1. The summed E-state index contributed by atoms with van der Waals surface area (Å²) in [6.45, 7) is 1.96. The van der Waals surface area contributed by atoms with E-state index in [9.17, 15) is 14.7 Å². The zero-order valence-corrected chi connectivity index (χ0v) is 14.4. The molecule has 0 radical (unpaired) electrons. The van der Waals surface area contributed by atoms with E-state index in [1.807, 2.05) is 31.2 Å². The van der Waals surface area contributed by atoms with Crippen molar-refractivity contribution >= 4 is 11.9 Å². The first-order valence-electron chi connectivity index (χ1n) is 8.20. The van der Waals surface area contributed by atoms with E-state index in [-0.39, 0.29) is 18.2 Å². The van der Waals surface area contributed by atoms with Gasteiger partial charge in [-0.2, -0.15) is 0 Å². The van der Waals surface area contributed by atoms with Crippen LogP contribution in [0.3, 0.4) is 0 Å². The average Bonchev–Trinajstić information content (AvgIpc) is 2.60. The molecular weight excluding hydrogens is 318 g/mol. The molecule has 2 aromatic carbocycles. The lowest BCUT2D eigenvalue weighted by Crippen LogP contribution is -2.34. The molecular formula is C20H23NO4. The molecule has 0 heterocycles. The molecule has 132 valence electrons. The Labute approximate surface area is 147 Å². The quantitative estimate of drug-likeness (QED) is 0.773. The Morgan fingerprint density at radius 3 is 2.36 bits per heavy atom. The summed E-state index contributed by atoms with van der Waals surface area (Å²) in [6, 6.07) is 15.3. The third kappa shape index (κ3) is 5.35. The predicted molar refractivity (Wildman–Crippen MR) is 95.4 cm³/mol. The van der Waals surface area contributed by atoms with Crippen LogP contribution in [0.1, 0.15) is 30.5 Å². The minimum absolute atomic E-state index is 0.0570. The number of hydrogen-bond donors (Lipinski definition) is 2. The second-order valence-electron chi connectivity index (χ2n) is 6.07. The lowest BCUT2D eigenvalue weighted by Gasteiger charge is -2.17. The number of methoxy groups -OCH3 is 1. The summed E-state index contributed by atoms with van der Waals surface area (Å²) < 4.78 is 5.33. The number of carboxylic acid groups (broad SMARTS) is 1. The highest BCUT2D eigenvalue weighted by atomic mass is 16.5. The fourth-order valence-corrected chi connectivity index (χ4v) is 2.79. The smallest absolute Gasteiger partial charge is 0.330 e. The van der Waals surface area contributed by atoms with Gasteiger partial charge in [0.05, 0.1) is 7.11 Å². The Kier molecular flexibility index (Phi) is 6.57. The summed E-state index contributed by atoms with van der Waals surface area (Å²) in [4.78, 5) is 23.7. The Balaban J connectivity index is 1.97. The van der Waals surface area contributed by atoms with Crippen molar-refractivity contribution < 1.29 is 19.4 Å². The van der Waals surface area contributed by atoms with E-state index < -0.39 is 12.0 Å². The lowest BCUT2D eigenvalue weighted by atomic mass is 9.96. The minimum atomic E-state index is -1.07. The SMILES string of the molecule is COc1ccccc1CC(C)CC(=O)N[C@@H](C(=O)O)c1ccccc1. The summed E-state index contributed by atoms with van der Waals surface area (Å²) in [5.41, 5.74) is 1.59. The van der Waals surface area contributed by atoms with Gasteiger partial charge in [0.25, 0.3) is 0 Å². The maximum Gasteiger partial charge on any atom is 0.330 e. The van der Waals surface area contributed by atoms with Crippen LogP contribution in [0, 0.1) is 5.92 Å². The van der Waals surface area contributed by atoms with Crippen LogP contribution in [0.2, 0.25) is 0 Å². The second kappa shape index (κ2) is 8.87. The maximum absolute atomic E-state index is 12.3. The van der Waals surface area contributed by atoms with Crippen molar-refractivity contribution in [2.75, 3.05) is 7.11 Å². The van der Waals surface area contributed by atoms with Crippen LogP contribution in [-0.2, 0) is 16.0 Å². The van der Waals surface area contributed by atoms with Crippen LogP contribution in [0.25, 0.3) is 0 Å². The summed E-state index contributed by atoms with van der Waals surface area (Å²) in [5.74, 6) is -0.500. The summed E-state index contributed by atoms with van der Waals surface area (Å²) in [5, 5.41) is 12.0. The van der Waals surface area contributed by atoms with E-state index in [1.54, 1.807) is 37.4 Å². The number of carbonyl (C=O) groups is 2. The number of carboxylic acids is 1. The maximum atomic E-state index is 12.3. The first-order valence-corrected chi connectivity index (χ1v) is 8.20. The molecule has 0 saturated heterocycles. The molecule has 0 bridgehead atoms. The Bertz CT molecular complexity index is 715. The van der Waals surface area contributed by atoms with Crippen LogP contribution in [0.15, 0.2) is 54.6 Å². The molecule has 0 fully saturated rings. The Hall–Kier alpha value is -2.82. The van der Waals surface area contributed by atoms with Crippen molar-refractivity contribution in [2.45, 2.75) is 25.8 Å². The first-order chi connectivity index (χ1) is 12.0. The number of amides is 1. The lowest BCUT2D eigenvalue weighted by molar-refractivity contribution is -0.142. The topological polar surface area (TPSA) is 75.6 Å². The Morgan fingerprint density at radius 1 is 1.08 bits per heavy atom. The minimum Gasteiger partial charge on any atom is -0.496 e. The monoisotopic (exact) mass is 341 g/mol. The zero-order chi connectivity index (χ0) is 18.2. The third-order valence-electron chi connectivity index (χ3n) is 3.98. The van der Waals surface area contributed by atoms with Crippen LogP contribution in [0.4, 0.5) is 0 Å². The van der Waals surface area contributed by atoms with Gasteiger partial charge in [0, 0.05) is 6.42 Å². The van der Waals surface area contributed by atoms with Crippen LogP contribution in [-0.4, -0.2) is 24.1 Å². The molecule has 0 aliphatic carbocycles. The number of nitrogens with one attached hydrogen (secondary N) is 1. The zero-order valence-electron chi connectivity index (χ0n) is 14.4. The van der Waals surface area contributed by atoms with Gasteiger partial charge in [-0.25, -0.2) is 4.79 Å². The standard InChI is InChI=1S/C20H23NO4/c1-14(12-16-10-6-7-11-17(16)25-2)13-18(22)21-19(20(23)24)15-8-4-3-5-9-15/h3-11,14,19H,12-13H2,1-2H3,(H,21,22)(H,23,24)/t14?,19-/m1/s1. The normalized spacial score (nSPS) is 12.9. The molecule has 2 N–H and O–H groups in total. The van der Waals surface area contributed by atoms with Gasteiger partial charge in [-0.1, -0.05) is 55.5 Å². The van der Waals surface area contributed by atoms with Gasteiger partial charge in [-0.3, -0.25) is 4.79 Å². The molecule has 0 aromatic heterocycles. The summed E-state index contributed by atoms with van der Waals surface area (Å²) in [6.07, 6.45) is 0.926. The van der Waals surface area contributed by atoms with Crippen LogP contribution >= 0.6 is 0 Å². The van der Waals surface area contributed by atoms with E-state index >= 15 is 0 Å². The molecule has 2 rings (SSSR count). The highest BCUT2D eigenvalue weighted by Crippen LogP contribution is 2.22. The fourth-order valence-electron chi connectivity index (χ4n) is 2.79. The highest BCUT2D eigenvalue weighted by molar-refractivity contribution is 5.84. The number of benzene rings is 2. The van der Waals surface area contributed by atoms with Crippen molar-refractivity contribution in [3.63, 3.8) is 0 Å². The molecule has 0 saturated carbocycles. The number of para-hydroxylation sites is 1. The largest absolute Gasteiger partial charge is 0.496 e. The molecule has 0 aliphatic heterocycles. The van der Waals surface area contributed by atoms with E-state index in [0.717, 1.165) is 11.3 Å². The fraction of sp³-hybridized carbons (Fsp3) is 0.300. The van der Waals surface area contributed by atoms with Crippen LogP contribution in [0.5, 0.6) is 5.75 Å². The molecule has 0 spiro atoms. The van der Waals surface area contributed by atoms with Gasteiger partial charge in [0.2, 0.25) is 5.91 Å². The van der Waals surface area contributed by atoms with Crippen molar-refractivity contribution in [3.05, 3.63) is 65.7 Å². The van der Waals surface area contributed by atoms with Gasteiger partial charge in [0.1, 0.15) is 5.75 Å². The van der Waals surface area contributed by atoms with E-state index in [2.05, 4.69) is 5.32 Å². The molecule has 1 amide bonds. The molecule has 0 aliphatic rings. The van der Waals surface area contributed by atoms with Crippen molar-refractivity contribution in [1.82, 2.24) is 5.32 Å². The van der Waals surface area contributed by atoms with E-state index in [0.29, 0.717) is 12.0 Å². The average molecular weight is 341 g/mol. The van der Waals surface area contributed by atoms with Crippen LogP contribution < -0.4 is 10.1 Å². The molecule has 1 unspecified atom stereocenters. The predicted octanol–water partition coefficient (Wildman–Crippen LogP) is 3.21.